The second-order valence-corrected chi connectivity index (χ2v) is 5.75. The summed E-state index contributed by atoms with van der Waals surface area (Å²) in [5.41, 5.74) is 0. The van der Waals surface area contributed by atoms with Crippen molar-refractivity contribution in [1.29, 1.82) is 0 Å². The molecule has 0 saturated heterocycles. The van der Waals surface area contributed by atoms with Crippen molar-refractivity contribution < 1.29 is 20.1 Å². The van der Waals surface area contributed by atoms with E-state index in [0.717, 1.165) is 19.3 Å². The Labute approximate surface area is 157 Å². The molecule has 0 aromatic heterocycles. The molecule has 0 aromatic carbocycles. The molecule has 0 aliphatic carbocycles. The van der Waals surface area contributed by atoms with E-state index >= 15 is 0 Å². The van der Waals surface area contributed by atoms with Gasteiger partial charge in [-0.3, -0.25) is 4.79 Å². The number of allylic oxidation sites excluding steroid dienone is 9. The quantitative estimate of drug-likeness (QED) is 0.315. The Morgan fingerprint density at radius 2 is 1.38 bits per heavy atom. The average molecular weight is 360 g/mol. The lowest BCUT2D eigenvalue weighted by Gasteiger charge is -2.00. The third kappa shape index (κ3) is 18.2. The summed E-state index contributed by atoms with van der Waals surface area (Å²) in [6, 6.07) is 0. The molecule has 0 fully saturated rings. The van der Waals surface area contributed by atoms with Crippen molar-refractivity contribution in [3.8, 4) is 0 Å². The molecule has 0 rings (SSSR count). The molecule has 0 saturated carbocycles. The van der Waals surface area contributed by atoms with Crippen LogP contribution in [0, 0.1) is 0 Å². The summed E-state index contributed by atoms with van der Waals surface area (Å²) in [7, 11) is 0. The first kappa shape index (κ1) is 23.8. The van der Waals surface area contributed by atoms with Gasteiger partial charge < -0.3 is 15.3 Å². The first-order chi connectivity index (χ1) is 12.6. The van der Waals surface area contributed by atoms with Crippen LogP contribution in [-0.2, 0) is 4.79 Å². The summed E-state index contributed by atoms with van der Waals surface area (Å²) >= 11 is 0. The highest BCUT2D eigenvalue weighted by Crippen LogP contribution is 2.00. The van der Waals surface area contributed by atoms with Crippen molar-refractivity contribution in [1.82, 2.24) is 0 Å². The highest BCUT2D eigenvalue weighted by atomic mass is 16.4. The number of hydrogen-bond donors (Lipinski definition) is 3. The van der Waals surface area contributed by atoms with E-state index in [4.69, 9.17) is 5.11 Å². The molecular formula is C22H32O4. The Balaban J connectivity index is 3.80. The van der Waals surface area contributed by atoms with E-state index in [1.165, 1.54) is 0 Å². The van der Waals surface area contributed by atoms with Crippen LogP contribution in [0.15, 0.2) is 72.9 Å². The molecule has 0 aliphatic heterocycles. The van der Waals surface area contributed by atoms with Crippen LogP contribution >= 0.6 is 0 Å². The molecule has 0 heterocycles. The molecule has 0 spiro atoms. The number of carbonyl (C=O) groups is 1. The predicted molar refractivity (Wildman–Crippen MR) is 108 cm³/mol. The molecular weight excluding hydrogens is 328 g/mol. The molecule has 0 amide bonds. The van der Waals surface area contributed by atoms with Crippen LogP contribution in [0.4, 0.5) is 0 Å². The summed E-state index contributed by atoms with van der Waals surface area (Å²) < 4.78 is 0. The van der Waals surface area contributed by atoms with Gasteiger partial charge in [0.1, 0.15) is 0 Å². The lowest BCUT2D eigenvalue weighted by atomic mass is 10.2. The zero-order chi connectivity index (χ0) is 19.5. The fourth-order valence-electron chi connectivity index (χ4n) is 1.90. The standard InChI is InChI=1S/C22H32O4/c1-2-3-12-15-20(23)16-13-10-8-6-4-5-7-9-11-14-17-21(24)18-19-22(25)26/h3-5,8-14,16-17,20-21,23-24H,2,6-7,15,18-19H2,1H3,(H,25,26)/b5-4-,10-8-,11-9-,12-3-,16-13+,17-14+/t20?,21-/m0/s1. The number of hydrogen-bond acceptors (Lipinski definition) is 3. The molecule has 144 valence electrons. The topological polar surface area (TPSA) is 77.8 Å². The zero-order valence-corrected chi connectivity index (χ0v) is 15.6. The highest BCUT2D eigenvalue weighted by Gasteiger charge is 2.02. The van der Waals surface area contributed by atoms with Gasteiger partial charge in [0.25, 0.3) is 0 Å². The van der Waals surface area contributed by atoms with Gasteiger partial charge in [0.05, 0.1) is 12.2 Å². The molecule has 0 bridgehead atoms. The van der Waals surface area contributed by atoms with Crippen LogP contribution in [0.2, 0.25) is 0 Å². The van der Waals surface area contributed by atoms with E-state index in [1.807, 2.05) is 48.6 Å². The van der Waals surface area contributed by atoms with Crippen LogP contribution < -0.4 is 0 Å². The average Bonchev–Trinajstić information content (AvgIpc) is 2.61. The molecule has 2 atom stereocenters. The third-order valence-corrected chi connectivity index (χ3v) is 3.31. The second-order valence-electron chi connectivity index (χ2n) is 5.75. The highest BCUT2D eigenvalue weighted by molar-refractivity contribution is 5.66. The zero-order valence-electron chi connectivity index (χ0n) is 15.6. The minimum Gasteiger partial charge on any atom is -0.481 e. The van der Waals surface area contributed by atoms with E-state index in [-0.39, 0.29) is 12.8 Å². The van der Waals surface area contributed by atoms with Crippen LogP contribution in [0.5, 0.6) is 0 Å². The van der Waals surface area contributed by atoms with Gasteiger partial charge in [-0.05, 0) is 32.1 Å². The Hall–Kier alpha value is -2.17. The predicted octanol–water partition coefficient (Wildman–Crippen LogP) is 4.49. The Bertz CT molecular complexity index is 524. The number of carboxylic acids is 1. The summed E-state index contributed by atoms with van der Waals surface area (Å²) in [5.74, 6) is -0.900. The van der Waals surface area contributed by atoms with E-state index < -0.39 is 18.2 Å². The maximum Gasteiger partial charge on any atom is 0.303 e. The molecule has 26 heavy (non-hydrogen) atoms. The first-order valence-electron chi connectivity index (χ1n) is 9.10. The largest absolute Gasteiger partial charge is 0.481 e. The third-order valence-electron chi connectivity index (χ3n) is 3.31. The number of rotatable bonds is 14. The van der Waals surface area contributed by atoms with E-state index in [9.17, 15) is 15.0 Å². The Morgan fingerprint density at radius 1 is 0.808 bits per heavy atom. The van der Waals surface area contributed by atoms with Crippen LogP contribution in [0.3, 0.4) is 0 Å². The summed E-state index contributed by atoms with van der Waals surface area (Å²) in [4.78, 5) is 10.4. The molecule has 4 nitrogen and oxygen atoms in total. The van der Waals surface area contributed by atoms with Crippen molar-refractivity contribution in [3.05, 3.63) is 72.9 Å². The van der Waals surface area contributed by atoms with Gasteiger partial charge >= 0.3 is 5.97 Å². The van der Waals surface area contributed by atoms with Gasteiger partial charge in [0.2, 0.25) is 0 Å². The van der Waals surface area contributed by atoms with Crippen molar-refractivity contribution in [3.63, 3.8) is 0 Å². The van der Waals surface area contributed by atoms with Crippen LogP contribution in [0.1, 0.15) is 45.4 Å². The fourth-order valence-corrected chi connectivity index (χ4v) is 1.90. The molecule has 3 N–H and O–H groups in total. The van der Waals surface area contributed by atoms with E-state index in [2.05, 4.69) is 13.0 Å². The minimum absolute atomic E-state index is 0.0322. The lowest BCUT2D eigenvalue weighted by Crippen LogP contribution is -2.05. The number of aliphatic hydroxyl groups excluding tert-OH is 2. The van der Waals surface area contributed by atoms with Gasteiger partial charge in [-0.1, -0.05) is 79.8 Å². The van der Waals surface area contributed by atoms with Gasteiger partial charge in [-0.15, -0.1) is 0 Å². The maximum absolute atomic E-state index is 10.4. The number of carboxylic acid groups (broad SMARTS) is 1. The molecule has 0 aromatic rings. The summed E-state index contributed by atoms with van der Waals surface area (Å²) in [5, 5.41) is 27.7. The van der Waals surface area contributed by atoms with Crippen LogP contribution in [-0.4, -0.2) is 33.5 Å². The van der Waals surface area contributed by atoms with Crippen molar-refractivity contribution in [2.24, 2.45) is 0 Å². The second kappa shape index (κ2) is 17.6. The maximum atomic E-state index is 10.4. The summed E-state index contributed by atoms with van der Waals surface area (Å²) in [6.45, 7) is 2.07. The summed E-state index contributed by atoms with van der Waals surface area (Å²) in [6.07, 6.45) is 25.1. The van der Waals surface area contributed by atoms with Crippen LogP contribution in [0.25, 0.3) is 0 Å². The van der Waals surface area contributed by atoms with Gasteiger partial charge in [-0.2, -0.15) is 0 Å². The lowest BCUT2D eigenvalue weighted by molar-refractivity contribution is -0.137. The van der Waals surface area contributed by atoms with Crippen molar-refractivity contribution in [2.45, 2.75) is 57.7 Å². The fraction of sp³-hybridized carbons (Fsp3) is 0.409. The molecule has 4 heteroatoms. The minimum atomic E-state index is -0.900. The number of aliphatic hydroxyl groups is 2. The molecule has 0 radical (unpaired) electrons. The Morgan fingerprint density at radius 3 is 1.92 bits per heavy atom. The van der Waals surface area contributed by atoms with Gasteiger partial charge in [-0.25, -0.2) is 0 Å². The first-order valence-corrected chi connectivity index (χ1v) is 9.10. The normalized spacial score (nSPS) is 15.5. The van der Waals surface area contributed by atoms with E-state index in [1.54, 1.807) is 18.2 Å². The monoisotopic (exact) mass is 360 g/mol. The molecule has 1 unspecified atom stereocenters. The van der Waals surface area contributed by atoms with Crippen molar-refractivity contribution in [2.75, 3.05) is 0 Å². The number of aliphatic carboxylic acids is 1. The smallest absolute Gasteiger partial charge is 0.303 e. The van der Waals surface area contributed by atoms with Gasteiger partial charge in [0, 0.05) is 6.42 Å². The SMILES string of the molecule is CC/C=C\CC(O)/C=C/C=C\C/C=C\C/C=C\C=C\[C@H](O)CCC(=O)O. The van der Waals surface area contributed by atoms with Gasteiger partial charge in [0.15, 0.2) is 0 Å². The van der Waals surface area contributed by atoms with E-state index in [0.29, 0.717) is 6.42 Å². The molecule has 0 aliphatic rings. The Kier molecular flexibility index (Phi) is 16.2. The van der Waals surface area contributed by atoms with Crippen molar-refractivity contribution >= 4 is 5.97 Å².